The van der Waals surface area contributed by atoms with E-state index in [-0.39, 0.29) is 22.5 Å². The SMILES string of the molecule is CCOc1ccc(C(C)NC(=O)c2ccc(NS(=O)(=O)c3ccc(O)c([N+](=O)[O-])c3)cc2)cc1. The summed E-state index contributed by atoms with van der Waals surface area (Å²) < 4.78 is 32.8. The van der Waals surface area contributed by atoms with Gasteiger partial charge in [-0.3, -0.25) is 19.6 Å². The quantitative estimate of drug-likeness (QED) is 0.306. The van der Waals surface area contributed by atoms with Gasteiger partial charge in [-0.1, -0.05) is 12.1 Å². The number of rotatable bonds is 9. The molecule has 3 rings (SSSR count). The van der Waals surface area contributed by atoms with Crippen LogP contribution in [0.3, 0.4) is 0 Å². The van der Waals surface area contributed by atoms with Crippen molar-refractivity contribution in [2.24, 2.45) is 0 Å². The minimum Gasteiger partial charge on any atom is -0.502 e. The number of nitrogens with zero attached hydrogens (tertiary/aromatic N) is 1. The van der Waals surface area contributed by atoms with Crippen molar-refractivity contribution < 1.29 is 28.0 Å². The Labute approximate surface area is 196 Å². The molecule has 0 heterocycles. The first kappa shape index (κ1) is 24.5. The molecule has 1 atom stereocenters. The highest BCUT2D eigenvalue weighted by atomic mass is 32.2. The highest BCUT2D eigenvalue weighted by Crippen LogP contribution is 2.29. The van der Waals surface area contributed by atoms with Gasteiger partial charge in [0.15, 0.2) is 5.75 Å². The molecule has 0 aliphatic rings. The second kappa shape index (κ2) is 10.2. The number of nitro groups is 1. The second-order valence-corrected chi connectivity index (χ2v) is 8.97. The molecule has 34 heavy (non-hydrogen) atoms. The zero-order valence-corrected chi connectivity index (χ0v) is 19.2. The van der Waals surface area contributed by atoms with Gasteiger partial charge in [-0.05, 0) is 67.9 Å². The fourth-order valence-electron chi connectivity index (χ4n) is 3.10. The summed E-state index contributed by atoms with van der Waals surface area (Å²) in [6, 6.07) is 15.6. The minimum absolute atomic E-state index is 0.159. The van der Waals surface area contributed by atoms with Crippen LogP contribution in [0.25, 0.3) is 0 Å². The van der Waals surface area contributed by atoms with Gasteiger partial charge in [-0.2, -0.15) is 0 Å². The van der Waals surface area contributed by atoms with Gasteiger partial charge in [0.2, 0.25) is 0 Å². The van der Waals surface area contributed by atoms with Crippen molar-refractivity contribution in [2.75, 3.05) is 11.3 Å². The number of amides is 1. The number of ether oxygens (including phenoxy) is 1. The lowest BCUT2D eigenvalue weighted by Gasteiger charge is -2.15. The fraction of sp³-hybridized carbons (Fsp3) is 0.174. The van der Waals surface area contributed by atoms with Crippen LogP contribution in [-0.2, 0) is 10.0 Å². The van der Waals surface area contributed by atoms with Crippen LogP contribution in [0, 0.1) is 10.1 Å². The third kappa shape index (κ3) is 5.81. The van der Waals surface area contributed by atoms with E-state index in [1.54, 1.807) is 0 Å². The number of nitro benzene ring substituents is 1. The number of carbonyl (C=O) groups is 1. The van der Waals surface area contributed by atoms with Crippen LogP contribution in [0.4, 0.5) is 11.4 Å². The van der Waals surface area contributed by atoms with Crippen LogP contribution < -0.4 is 14.8 Å². The first-order chi connectivity index (χ1) is 16.1. The number of benzene rings is 3. The third-order valence-electron chi connectivity index (χ3n) is 4.89. The van der Waals surface area contributed by atoms with Gasteiger partial charge in [0, 0.05) is 17.3 Å². The lowest BCUT2D eigenvalue weighted by molar-refractivity contribution is -0.386. The Hall–Kier alpha value is -4.12. The maximum atomic E-state index is 12.6. The molecule has 3 N–H and O–H groups in total. The highest BCUT2D eigenvalue weighted by molar-refractivity contribution is 7.92. The van der Waals surface area contributed by atoms with Crippen molar-refractivity contribution >= 4 is 27.3 Å². The molecule has 10 nitrogen and oxygen atoms in total. The standard InChI is InChI=1S/C23H23N3O7S/c1-3-33-19-10-6-16(7-11-19)15(2)24-23(28)17-4-8-18(9-5-17)25-34(31,32)20-12-13-22(27)21(14-20)26(29)30/h4-15,25,27H,3H2,1-2H3,(H,24,28). The first-order valence-electron chi connectivity index (χ1n) is 10.2. The molecule has 0 bridgehead atoms. The van der Waals surface area contributed by atoms with Crippen molar-refractivity contribution in [1.29, 1.82) is 0 Å². The number of phenols is 1. The smallest absolute Gasteiger partial charge is 0.312 e. The number of hydrogen-bond donors (Lipinski definition) is 3. The topological polar surface area (TPSA) is 148 Å². The van der Waals surface area contributed by atoms with E-state index in [1.165, 1.54) is 24.3 Å². The van der Waals surface area contributed by atoms with Crippen LogP contribution in [0.2, 0.25) is 0 Å². The molecular weight excluding hydrogens is 462 g/mol. The predicted molar refractivity (Wildman–Crippen MR) is 126 cm³/mol. The number of hydrogen-bond acceptors (Lipinski definition) is 7. The van der Waals surface area contributed by atoms with Crippen LogP contribution in [0.5, 0.6) is 11.5 Å². The molecule has 0 aliphatic carbocycles. The predicted octanol–water partition coefficient (Wildman–Crippen LogP) is 3.99. The summed E-state index contributed by atoms with van der Waals surface area (Å²) in [5.41, 5.74) is 0.647. The molecule has 0 saturated heterocycles. The molecule has 0 saturated carbocycles. The number of aromatic hydroxyl groups is 1. The molecule has 3 aromatic carbocycles. The Morgan fingerprint density at radius 3 is 2.32 bits per heavy atom. The van der Waals surface area contributed by atoms with E-state index >= 15 is 0 Å². The van der Waals surface area contributed by atoms with Crippen LogP contribution in [0.1, 0.15) is 35.8 Å². The Morgan fingerprint density at radius 1 is 1.09 bits per heavy atom. The summed E-state index contributed by atoms with van der Waals surface area (Å²) in [4.78, 5) is 22.3. The Kier molecular flexibility index (Phi) is 7.37. The van der Waals surface area contributed by atoms with Crippen molar-refractivity contribution in [3.05, 3.63) is 88.0 Å². The zero-order valence-electron chi connectivity index (χ0n) is 18.4. The Bertz CT molecular complexity index is 1290. The van der Waals surface area contributed by atoms with Gasteiger partial charge in [0.25, 0.3) is 15.9 Å². The molecule has 1 amide bonds. The summed E-state index contributed by atoms with van der Waals surface area (Å²) in [7, 11) is -4.16. The van der Waals surface area contributed by atoms with Crippen molar-refractivity contribution in [2.45, 2.75) is 24.8 Å². The highest BCUT2D eigenvalue weighted by Gasteiger charge is 2.21. The number of phenolic OH excluding ortho intramolecular Hbond substituents is 1. The molecule has 3 aromatic rings. The summed E-state index contributed by atoms with van der Waals surface area (Å²) in [6.07, 6.45) is 0. The van der Waals surface area contributed by atoms with E-state index in [9.17, 15) is 28.4 Å². The molecule has 0 spiro atoms. The summed E-state index contributed by atoms with van der Waals surface area (Å²) in [5, 5.41) is 23.3. The van der Waals surface area contributed by atoms with E-state index in [0.717, 1.165) is 29.5 Å². The van der Waals surface area contributed by atoms with Gasteiger partial charge in [0.1, 0.15) is 5.75 Å². The number of carbonyl (C=O) groups excluding carboxylic acids is 1. The third-order valence-corrected chi connectivity index (χ3v) is 6.27. The number of sulfonamides is 1. The monoisotopic (exact) mass is 485 g/mol. The van der Waals surface area contributed by atoms with Crippen LogP contribution in [0.15, 0.2) is 71.6 Å². The average molecular weight is 486 g/mol. The van der Waals surface area contributed by atoms with Gasteiger partial charge in [0.05, 0.1) is 22.5 Å². The van der Waals surface area contributed by atoms with Gasteiger partial charge in [-0.25, -0.2) is 8.42 Å². The largest absolute Gasteiger partial charge is 0.502 e. The van der Waals surface area contributed by atoms with Gasteiger partial charge in [-0.15, -0.1) is 0 Å². The number of anilines is 1. The Morgan fingerprint density at radius 2 is 1.74 bits per heavy atom. The molecule has 11 heteroatoms. The van der Waals surface area contributed by atoms with E-state index in [2.05, 4.69) is 10.0 Å². The van der Waals surface area contributed by atoms with E-state index in [4.69, 9.17) is 4.74 Å². The molecule has 1 unspecified atom stereocenters. The van der Waals surface area contributed by atoms with Crippen LogP contribution >= 0.6 is 0 Å². The normalized spacial score (nSPS) is 11.9. The van der Waals surface area contributed by atoms with Crippen LogP contribution in [-0.4, -0.2) is 31.0 Å². The average Bonchev–Trinajstić information content (AvgIpc) is 2.80. The van der Waals surface area contributed by atoms with Crippen molar-refractivity contribution in [1.82, 2.24) is 5.32 Å². The van der Waals surface area contributed by atoms with E-state index in [1.807, 2.05) is 38.1 Å². The van der Waals surface area contributed by atoms with Gasteiger partial charge < -0.3 is 15.2 Å². The van der Waals surface area contributed by atoms with E-state index < -0.39 is 26.4 Å². The van der Waals surface area contributed by atoms with Gasteiger partial charge >= 0.3 is 5.69 Å². The molecule has 0 aliphatic heterocycles. The van der Waals surface area contributed by atoms with Crippen molar-refractivity contribution in [3.8, 4) is 11.5 Å². The maximum absolute atomic E-state index is 12.6. The molecule has 0 fully saturated rings. The first-order valence-corrected chi connectivity index (χ1v) is 11.7. The molecule has 178 valence electrons. The summed E-state index contributed by atoms with van der Waals surface area (Å²) in [6.45, 7) is 4.30. The molecule has 0 aromatic heterocycles. The maximum Gasteiger partial charge on any atom is 0.312 e. The summed E-state index contributed by atoms with van der Waals surface area (Å²) in [5.74, 6) is -0.242. The summed E-state index contributed by atoms with van der Waals surface area (Å²) >= 11 is 0. The minimum atomic E-state index is -4.16. The lowest BCUT2D eigenvalue weighted by Crippen LogP contribution is -2.26. The number of nitrogens with one attached hydrogen (secondary N) is 2. The zero-order chi connectivity index (χ0) is 24.9. The lowest BCUT2D eigenvalue weighted by atomic mass is 10.1. The van der Waals surface area contributed by atoms with E-state index in [0.29, 0.717) is 12.2 Å². The Balaban J connectivity index is 1.68. The van der Waals surface area contributed by atoms with Crippen molar-refractivity contribution in [3.63, 3.8) is 0 Å². The second-order valence-electron chi connectivity index (χ2n) is 7.29. The molecular formula is C23H23N3O7S. The fourth-order valence-corrected chi connectivity index (χ4v) is 4.18. The molecule has 0 radical (unpaired) electrons.